The van der Waals surface area contributed by atoms with Gasteiger partial charge >= 0.3 is 0 Å². The van der Waals surface area contributed by atoms with E-state index in [9.17, 15) is 0 Å². The first-order valence-electron chi connectivity index (χ1n) is 6.54. The van der Waals surface area contributed by atoms with Crippen LogP contribution in [0, 0.1) is 0 Å². The van der Waals surface area contributed by atoms with Crippen molar-refractivity contribution < 1.29 is 0 Å². The minimum atomic E-state index is 0.923. The van der Waals surface area contributed by atoms with E-state index in [0.29, 0.717) is 0 Å². The molecule has 0 radical (unpaired) electrons. The van der Waals surface area contributed by atoms with Gasteiger partial charge in [-0.3, -0.25) is 0 Å². The molecule has 3 rings (SSSR count). The molecule has 0 bridgehead atoms. The second-order valence-corrected chi connectivity index (χ2v) is 5.75. The van der Waals surface area contributed by atoms with E-state index in [1.54, 1.807) is 0 Å². The van der Waals surface area contributed by atoms with Crippen LogP contribution >= 0.6 is 15.9 Å². The Kier molecular flexibility index (Phi) is 3.61. The van der Waals surface area contributed by atoms with Gasteiger partial charge in [0.1, 0.15) is 0 Å². The number of rotatable bonds is 3. The first-order chi connectivity index (χ1) is 8.81. The molecule has 1 aliphatic heterocycles. The number of likely N-dealkylation sites (tertiary alicyclic amines) is 1. The quantitative estimate of drug-likeness (QED) is 0.873. The third-order valence-corrected chi connectivity index (χ3v) is 3.91. The minimum absolute atomic E-state index is 0.923. The predicted molar refractivity (Wildman–Crippen MR) is 74.7 cm³/mol. The zero-order valence-corrected chi connectivity index (χ0v) is 11.9. The van der Waals surface area contributed by atoms with Gasteiger partial charge in [-0.15, -0.1) is 0 Å². The Morgan fingerprint density at radius 1 is 1.17 bits per heavy atom. The number of halogens is 1. The zero-order chi connectivity index (χ0) is 12.4. The Morgan fingerprint density at radius 3 is 2.83 bits per heavy atom. The lowest BCUT2D eigenvalue weighted by atomic mass is 10.1. The van der Waals surface area contributed by atoms with E-state index in [-0.39, 0.29) is 0 Å². The average molecular weight is 309 g/mol. The first-order valence-corrected chi connectivity index (χ1v) is 7.34. The summed E-state index contributed by atoms with van der Waals surface area (Å²) >= 11 is 3.45. The molecule has 0 aliphatic carbocycles. The van der Waals surface area contributed by atoms with Crippen LogP contribution in [0.25, 0.3) is 5.65 Å². The summed E-state index contributed by atoms with van der Waals surface area (Å²) in [6, 6.07) is 3.99. The summed E-state index contributed by atoms with van der Waals surface area (Å²) in [5, 5.41) is 4.51. The van der Waals surface area contributed by atoms with Gasteiger partial charge in [0.05, 0.1) is 0 Å². The van der Waals surface area contributed by atoms with Crippen molar-refractivity contribution in [1.29, 1.82) is 0 Å². The summed E-state index contributed by atoms with van der Waals surface area (Å²) in [5.74, 6) is 0.943. The minimum Gasteiger partial charge on any atom is -0.303 e. The highest BCUT2D eigenvalue weighted by Crippen LogP contribution is 2.12. The zero-order valence-electron chi connectivity index (χ0n) is 10.3. The van der Waals surface area contributed by atoms with E-state index in [0.717, 1.165) is 28.9 Å². The van der Waals surface area contributed by atoms with E-state index in [2.05, 4.69) is 30.9 Å². The SMILES string of the molecule is Brc1ccc2nc(CCN3CCCCC3)nn2c1. The van der Waals surface area contributed by atoms with Crippen molar-refractivity contribution in [3.63, 3.8) is 0 Å². The maximum atomic E-state index is 4.54. The highest BCUT2D eigenvalue weighted by molar-refractivity contribution is 9.10. The molecule has 4 nitrogen and oxygen atoms in total. The van der Waals surface area contributed by atoms with E-state index < -0.39 is 0 Å². The van der Waals surface area contributed by atoms with Gasteiger partial charge in [-0.05, 0) is 54.0 Å². The molecule has 1 fully saturated rings. The molecule has 0 unspecified atom stereocenters. The molecule has 5 heteroatoms. The Hall–Kier alpha value is -0.940. The lowest BCUT2D eigenvalue weighted by molar-refractivity contribution is 0.230. The van der Waals surface area contributed by atoms with Gasteiger partial charge in [0, 0.05) is 23.6 Å². The standard InChI is InChI=1S/C13H17BrN4/c14-11-4-5-13-15-12(16-18(13)10-11)6-9-17-7-2-1-3-8-17/h4-5,10H,1-3,6-9H2. The smallest absolute Gasteiger partial charge is 0.155 e. The normalized spacial score (nSPS) is 17.4. The Balaban J connectivity index is 1.67. The first kappa shape index (κ1) is 12.1. The fraction of sp³-hybridized carbons (Fsp3) is 0.538. The molecule has 96 valence electrons. The van der Waals surface area contributed by atoms with Crippen molar-refractivity contribution in [3.8, 4) is 0 Å². The molecule has 0 N–H and O–H groups in total. The maximum Gasteiger partial charge on any atom is 0.155 e. The number of piperidine rings is 1. The molecule has 0 aromatic carbocycles. The van der Waals surface area contributed by atoms with Crippen molar-refractivity contribution in [2.75, 3.05) is 19.6 Å². The van der Waals surface area contributed by atoms with Gasteiger partial charge in [-0.1, -0.05) is 6.42 Å². The van der Waals surface area contributed by atoms with Crippen LogP contribution in [0.15, 0.2) is 22.8 Å². The van der Waals surface area contributed by atoms with Gasteiger partial charge in [-0.2, -0.15) is 5.10 Å². The number of nitrogens with zero attached hydrogens (tertiary/aromatic N) is 4. The van der Waals surface area contributed by atoms with E-state index >= 15 is 0 Å². The topological polar surface area (TPSA) is 33.4 Å². The number of aromatic nitrogens is 3. The predicted octanol–water partition coefficient (Wildman–Crippen LogP) is 2.52. The molecule has 0 saturated carbocycles. The van der Waals surface area contributed by atoms with E-state index in [1.807, 2.05) is 22.8 Å². The molecule has 18 heavy (non-hydrogen) atoms. The third-order valence-electron chi connectivity index (χ3n) is 3.44. The van der Waals surface area contributed by atoms with Crippen molar-refractivity contribution in [1.82, 2.24) is 19.5 Å². The van der Waals surface area contributed by atoms with Crippen LogP contribution in [0.3, 0.4) is 0 Å². The molecule has 2 aromatic heterocycles. The Morgan fingerprint density at radius 2 is 2.00 bits per heavy atom. The Bertz CT molecular complexity index is 531. The number of pyridine rings is 1. The van der Waals surface area contributed by atoms with E-state index in [4.69, 9.17) is 0 Å². The van der Waals surface area contributed by atoms with Crippen LogP contribution in [0.2, 0.25) is 0 Å². The van der Waals surface area contributed by atoms with Crippen LogP contribution in [0.5, 0.6) is 0 Å². The van der Waals surface area contributed by atoms with Crippen molar-refractivity contribution in [3.05, 3.63) is 28.6 Å². The molecular weight excluding hydrogens is 292 g/mol. The molecule has 2 aromatic rings. The second kappa shape index (κ2) is 5.36. The fourth-order valence-electron chi connectivity index (χ4n) is 2.45. The summed E-state index contributed by atoms with van der Waals surface area (Å²) in [4.78, 5) is 7.06. The Labute approximate surface area is 115 Å². The lowest BCUT2D eigenvalue weighted by Gasteiger charge is -2.25. The lowest BCUT2D eigenvalue weighted by Crippen LogP contribution is -2.31. The van der Waals surface area contributed by atoms with Gasteiger partial charge in [-0.25, -0.2) is 9.50 Å². The number of hydrogen-bond acceptors (Lipinski definition) is 3. The van der Waals surface area contributed by atoms with Crippen LogP contribution in [0.4, 0.5) is 0 Å². The summed E-state index contributed by atoms with van der Waals surface area (Å²) in [5.41, 5.74) is 0.923. The number of hydrogen-bond donors (Lipinski definition) is 0. The van der Waals surface area contributed by atoms with Crippen LogP contribution in [0.1, 0.15) is 25.1 Å². The molecule has 0 atom stereocenters. The van der Waals surface area contributed by atoms with Crippen LogP contribution in [-0.4, -0.2) is 39.1 Å². The molecule has 3 heterocycles. The third kappa shape index (κ3) is 2.72. The van der Waals surface area contributed by atoms with Crippen molar-refractivity contribution in [2.45, 2.75) is 25.7 Å². The molecule has 0 amide bonds. The molecular formula is C13H17BrN4. The van der Waals surface area contributed by atoms with Crippen molar-refractivity contribution >= 4 is 21.6 Å². The van der Waals surface area contributed by atoms with Crippen LogP contribution in [-0.2, 0) is 6.42 Å². The summed E-state index contributed by atoms with van der Waals surface area (Å²) in [6.45, 7) is 3.55. The summed E-state index contributed by atoms with van der Waals surface area (Å²) in [6.07, 6.45) is 6.96. The van der Waals surface area contributed by atoms with Gasteiger partial charge < -0.3 is 4.90 Å². The fourth-order valence-corrected chi connectivity index (χ4v) is 2.78. The van der Waals surface area contributed by atoms with Gasteiger partial charge in [0.2, 0.25) is 0 Å². The summed E-state index contributed by atoms with van der Waals surface area (Å²) in [7, 11) is 0. The highest BCUT2D eigenvalue weighted by atomic mass is 79.9. The second-order valence-electron chi connectivity index (χ2n) is 4.83. The summed E-state index contributed by atoms with van der Waals surface area (Å²) < 4.78 is 2.87. The van der Waals surface area contributed by atoms with Gasteiger partial charge in [0.15, 0.2) is 11.5 Å². The highest BCUT2D eigenvalue weighted by Gasteiger charge is 2.11. The maximum absolute atomic E-state index is 4.54. The van der Waals surface area contributed by atoms with Crippen molar-refractivity contribution in [2.24, 2.45) is 0 Å². The molecule has 1 aliphatic rings. The number of fused-ring (bicyclic) bond motifs is 1. The van der Waals surface area contributed by atoms with Gasteiger partial charge in [0.25, 0.3) is 0 Å². The monoisotopic (exact) mass is 308 g/mol. The van der Waals surface area contributed by atoms with Crippen LogP contribution < -0.4 is 0 Å². The molecule has 0 spiro atoms. The largest absolute Gasteiger partial charge is 0.303 e. The average Bonchev–Trinajstić information content (AvgIpc) is 2.79. The van der Waals surface area contributed by atoms with E-state index in [1.165, 1.54) is 32.4 Å². The molecule has 1 saturated heterocycles.